The molecule has 0 spiro atoms. The van der Waals surface area contributed by atoms with Gasteiger partial charge in [-0.25, -0.2) is 0 Å². The topological polar surface area (TPSA) is 12.0 Å². The van der Waals surface area contributed by atoms with Crippen LogP contribution in [0, 0.1) is 5.92 Å². The Labute approximate surface area is 106 Å². The number of benzene rings is 1. The van der Waals surface area contributed by atoms with Gasteiger partial charge in [0, 0.05) is 11.6 Å². The Morgan fingerprint density at radius 3 is 2.41 bits per heavy atom. The first kappa shape index (κ1) is 12.6. The van der Waals surface area contributed by atoms with E-state index in [9.17, 15) is 0 Å². The van der Waals surface area contributed by atoms with Crippen LogP contribution < -0.4 is 5.32 Å². The maximum absolute atomic E-state index is 3.73. The lowest BCUT2D eigenvalue weighted by Gasteiger charge is -2.21. The molecule has 1 heteroatoms. The van der Waals surface area contributed by atoms with Gasteiger partial charge in [-0.1, -0.05) is 52.0 Å². The lowest BCUT2D eigenvalue weighted by atomic mass is 9.97. The van der Waals surface area contributed by atoms with E-state index in [2.05, 4.69) is 57.3 Å². The molecule has 1 saturated carbocycles. The maximum Gasteiger partial charge on any atom is 0.0438 e. The van der Waals surface area contributed by atoms with Gasteiger partial charge in [-0.3, -0.25) is 0 Å². The van der Waals surface area contributed by atoms with Gasteiger partial charge in [0.2, 0.25) is 0 Å². The number of hydrogen-bond acceptors (Lipinski definition) is 1. The summed E-state index contributed by atoms with van der Waals surface area (Å²) in [6.45, 7) is 9.04. The summed E-state index contributed by atoms with van der Waals surface area (Å²) in [6, 6.07) is 9.73. The molecule has 0 atom stereocenters. The first-order valence-electron chi connectivity index (χ1n) is 6.89. The number of nitrogens with one attached hydrogen (secondary N) is 1. The van der Waals surface area contributed by atoms with E-state index in [4.69, 9.17) is 0 Å². The van der Waals surface area contributed by atoms with E-state index in [0.717, 1.165) is 5.92 Å². The number of rotatable bonds is 5. The molecule has 1 aliphatic carbocycles. The zero-order valence-electron chi connectivity index (χ0n) is 11.6. The van der Waals surface area contributed by atoms with Gasteiger partial charge in [0.15, 0.2) is 0 Å². The third-order valence-electron chi connectivity index (χ3n) is 3.44. The molecule has 0 aliphatic heterocycles. The summed E-state index contributed by atoms with van der Waals surface area (Å²) >= 11 is 0. The van der Waals surface area contributed by atoms with E-state index in [1.165, 1.54) is 30.4 Å². The second-order valence-electron chi connectivity index (χ2n) is 6.18. The molecule has 1 nitrogen and oxygen atoms in total. The molecule has 17 heavy (non-hydrogen) atoms. The average molecular weight is 231 g/mol. The SMILES string of the molecule is CC(C)Cc1cccc(C2(NC(C)C)CC2)c1. The van der Waals surface area contributed by atoms with Crippen LogP contribution in [0.1, 0.15) is 51.7 Å². The minimum Gasteiger partial charge on any atom is -0.305 e. The highest BCUT2D eigenvalue weighted by Gasteiger charge is 2.44. The lowest BCUT2D eigenvalue weighted by Crippen LogP contribution is -2.34. The van der Waals surface area contributed by atoms with Gasteiger partial charge in [0.1, 0.15) is 0 Å². The van der Waals surface area contributed by atoms with Crippen molar-refractivity contribution in [2.75, 3.05) is 0 Å². The Hall–Kier alpha value is -0.820. The van der Waals surface area contributed by atoms with Gasteiger partial charge in [0.25, 0.3) is 0 Å². The van der Waals surface area contributed by atoms with Crippen LogP contribution in [0.15, 0.2) is 24.3 Å². The van der Waals surface area contributed by atoms with Crippen LogP contribution in [0.25, 0.3) is 0 Å². The van der Waals surface area contributed by atoms with E-state index < -0.39 is 0 Å². The molecule has 0 heterocycles. The molecule has 0 saturated heterocycles. The van der Waals surface area contributed by atoms with Crippen LogP contribution in [-0.4, -0.2) is 6.04 Å². The third-order valence-corrected chi connectivity index (χ3v) is 3.44. The van der Waals surface area contributed by atoms with Crippen molar-refractivity contribution in [3.63, 3.8) is 0 Å². The van der Waals surface area contributed by atoms with E-state index >= 15 is 0 Å². The largest absolute Gasteiger partial charge is 0.305 e. The molecule has 1 aromatic carbocycles. The van der Waals surface area contributed by atoms with Crippen molar-refractivity contribution < 1.29 is 0 Å². The second kappa shape index (κ2) is 4.81. The molecule has 1 fully saturated rings. The molecule has 94 valence electrons. The van der Waals surface area contributed by atoms with Gasteiger partial charge in [-0.05, 0) is 36.3 Å². The standard InChI is InChI=1S/C16H25N/c1-12(2)10-14-6-5-7-15(11-14)16(8-9-16)17-13(3)4/h5-7,11-13,17H,8-10H2,1-4H3. The van der Waals surface area contributed by atoms with Crippen molar-refractivity contribution in [3.8, 4) is 0 Å². The zero-order chi connectivity index (χ0) is 12.5. The quantitative estimate of drug-likeness (QED) is 0.811. The highest BCUT2D eigenvalue weighted by molar-refractivity contribution is 5.34. The van der Waals surface area contributed by atoms with Crippen molar-refractivity contribution in [1.29, 1.82) is 0 Å². The average Bonchev–Trinajstić information content (AvgIpc) is 2.97. The summed E-state index contributed by atoms with van der Waals surface area (Å²) in [5, 5.41) is 3.73. The summed E-state index contributed by atoms with van der Waals surface area (Å²) < 4.78 is 0. The van der Waals surface area contributed by atoms with Crippen molar-refractivity contribution in [2.24, 2.45) is 5.92 Å². The van der Waals surface area contributed by atoms with Gasteiger partial charge in [0.05, 0.1) is 0 Å². The van der Waals surface area contributed by atoms with E-state index in [1.807, 2.05) is 0 Å². The van der Waals surface area contributed by atoms with Crippen LogP contribution in [0.2, 0.25) is 0 Å². The van der Waals surface area contributed by atoms with Gasteiger partial charge in [-0.2, -0.15) is 0 Å². The molecule has 0 bridgehead atoms. The molecular formula is C16H25N. The minimum absolute atomic E-state index is 0.293. The van der Waals surface area contributed by atoms with Crippen LogP contribution >= 0.6 is 0 Å². The monoisotopic (exact) mass is 231 g/mol. The van der Waals surface area contributed by atoms with Crippen molar-refractivity contribution in [3.05, 3.63) is 35.4 Å². The summed E-state index contributed by atoms with van der Waals surface area (Å²) in [6.07, 6.45) is 3.76. The fraction of sp³-hybridized carbons (Fsp3) is 0.625. The predicted molar refractivity (Wildman–Crippen MR) is 74.2 cm³/mol. The van der Waals surface area contributed by atoms with Gasteiger partial charge < -0.3 is 5.32 Å². The second-order valence-corrected chi connectivity index (χ2v) is 6.18. The molecule has 1 aliphatic rings. The highest BCUT2D eigenvalue weighted by Crippen LogP contribution is 2.46. The van der Waals surface area contributed by atoms with Crippen molar-refractivity contribution in [1.82, 2.24) is 5.32 Å². The van der Waals surface area contributed by atoms with Crippen LogP contribution in [0.5, 0.6) is 0 Å². The molecule has 1 aromatic rings. The molecule has 0 aromatic heterocycles. The van der Waals surface area contributed by atoms with Crippen LogP contribution in [0.3, 0.4) is 0 Å². The molecule has 1 N–H and O–H groups in total. The summed E-state index contributed by atoms with van der Waals surface area (Å²) in [5.41, 5.74) is 3.26. The first-order chi connectivity index (χ1) is 8.02. The molecule has 0 radical (unpaired) electrons. The molecular weight excluding hydrogens is 206 g/mol. The smallest absolute Gasteiger partial charge is 0.0438 e. The highest BCUT2D eigenvalue weighted by atomic mass is 15.0. The van der Waals surface area contributed by atoms with Crippen molar-refractivity contribution >= 4 is 0 Å². The Kier molecular flexibility index (Phi) is 3.58. The van der Waals surface area contributed by atoms with Crippen LogP contribution in [0.4, 0.5) is 0 Å². The summed E-state index contributed by atoms with van der Waals surface area (Å²) in [7, 11) is 0. The van der Waals surface area contributed by atoms with E-state index in [0.29, 0.717) is 11.6 Å². The first-order valence-corrected chi connectivity index (χ1v) is 6.89. The normalized spacial score (nSPS) is 17.8. The fourth-order valence-corrected chi connectivity index (χ4v) is 2.66. The Balaban J connectivity index is 2.16. The van der Waals surface area contributed by atoms with Crippen molar-refractivity contribution in [2.45, 2.75) is 58.5 Å². The summed E-state index contributed by atoms with van der Waals surface area (Å²) in [4.78, 5) is 0. The van der Waals surface area contributed by atoms with Crippen LogP contribution in [-0.2, 0) is 12.0 Å². The number of hydrogen-bond donors (Lipinski definition) is 1. The molecule has 0 unspecified atom stereocenters. The third kappa shape index (κ3) is 3.10. The van der Waals surface area contributed by atoms with Gasteiger partial charge in [-0.15, -0.1) is 0 Å². The Bertz CT molecular complexity index is 375. The lowest BCUT2D eigenvalue weighted by molar-refractivity contribution is 0.461. The fourth-order valence-electron chi connectivity index (χ4n) is 2.66. The minimum atomic E-state index is 0.293. The maximum atomic E-state index is 3.73. The van der Waals surface area contributed by atoms with E-state index in [-0.39, 0.29) is 0 Å². The van der Waals surface area contributed by atoms with Gasteiger partial charge >= 0.3 is 0 Å². The van der Waals surface area contributed by atoms with E-state index in [1.54, 1.807) is 0 Å². The Morgan fingerprint density at radius 1 is 1.18 bits per heavy atom. The molecule has 2 rings (SSSR count). The molecule has 0 amide bonds. The summed E-state index contributed by atoms with van der Waals surface area (Å²) in [5.74, 6) is 0.735. The predicted octanol–water partition coefficient (Wildman–Crippen LogP) is 3.87. The Morgan fingerprint density at radius 2 is 1.88 bits per heavy atom. The zero-order valence-corrected chi connectivity index (χ0v) is 11.6.